The van der Waals surface area contributed by atoms with E-state index in [-0.39, 0.29) is 11.8 Å². The highest BCUT2D eigenvalue weighted by molar-refractivity contribution is 5.99. The summed E-state index contributed by atoms with van der Waals surface area (Å²) in [6, 6.07) is 16.2. The molecule has 0 unspecified atom stereocenters. The number of hydrogen-bond donors (Lipinski definition) is 3. The van der Waals surface area contributed by atoms with Gasteiger partial charge in [0.25, 0.3) is 11.8 Å². The minimum atomic E-state index is -0.742. The molecular weight excluding hydrogens is 402 g/mol. The molecule has 0 radical (unpaired) electrons. The Morgan fingerprint density at radius 2 is 1.59 bits per heavy atom. The molecule has 0 aliphatic rings. The van der Waals surface area contributed by atoms with E-state index in [1.54, 1.807) is 24.3 Å². The quantitative estimate of drug-likeness (QED) is 0.447. The number of aliphatic hydroxyl groups excluding tert-OH is 1. The van der Waals surface area contributed by atoms with Crippen molar-refractivity contribution in [2.45, 2.75) is 52.2 Å². The average molecular weight is 440 g/mol. The zero-order chi connectivity index (χ0) is 23.3. The first-order valence-corrected chi connectivity index (χ1v) is 11.6. The van der Waals surface area contributed by atoms with Crippen molar-refractivity contribution in [2.75, 3.05) is 26.2 Å². The third-order valence-electron chi connectivity index (χ3n) is 5.33. The fourth-order valence-corrected chi connectivity index (χ4v) is 3.67. The fraction of sp³-hybridized carbons (Fsp3) is 0.462. The molecule has 0 spiro atoms. The van der Waals surface area contributed by atoms with Crippen molar-refractivity contribution in [3.63, 3.8) is 0 Å². The first-order valence-electron chi connectivity index (χ1n) is 11.6. The van der Waals surface area contributed by atoms with Gasteiger partial charge in [0, 0.05) is 30.8 Å². The first-order chi connectivity index (χ1) is 15.5. The van der Waals surface area contributed by atoms with Gasteiger partial charge in [-0.25, -0.2) is 0 Å². The van der Waals surface area contributed by atoms with Crippen molar-refractivity contribution in [1.29, 1.82) is 0 Å². The van der Waals surface area contributed by atoms with E-state index in [9.17, 15) is 14.7 Å². The summed E-state index contributed by atoms with van der Waals surface area (Å²) in [4.78, 5) is 27.8. The van der Waals surface area contributed by atoms with Gasteiger partial charge in [0.2, 0.25) is 0 Å². The van der Waals surface area contributed by atoms with Crippen LogP contribution < -0.4 is 10.6 Å². The number of nitrogens with one attached hydrogen (secondary N) is 2. The van der Waals surface area contributed by atoms with Gasteiger partial charge in [0.05, 0.1) is 12.1 Å². The van der Waals surface area contributed by atoms with E-state index in [0.29, 0.717) is 37.2 Å². The van der Waals surface area contributed by atoms with Gasteiger partial charge in [-0.1, -0.05) is 57.2 Å². The van der Waals surface area contributed by atoms with Gasteiger partial charge in [-0.2, -0.15) is 0 Å². The summed E-state index contributed by atoms with van der Waals surface area (Å²) in [6.07, 6.45) is 1.54. The molecule has 2 amide bonds. The number of amides is 2. The molecule has 0 aromatic heterocycles. The third-order valence-corrected chi connectivity index (χ3v) is 5.33. The second-order valence-corrected chi connectivity index (χ2v) is 8.02. The second kappa shape index (κ2) is 13.7. The molecule has 2 rings (SSSR count). The molecule has 2 atom stereocenters. The molecule has 0 bridgehead atoms. The highest BCUT2D eigenvalue weighted by Gasteiger charge is 2.23. The van der Waals surface area contributed by atoms with E-state index in [0.717, 1.165) is 24.9 Å². The van der Waals surface area contributed by atoms with Crippen molar-refractivity contribution < 1.29 is 14.7 Å². The van der Waals surface area contributed by atoms with E-state index in [1.165, 1.54) is 0 Å². The van der Waals surface area contributed by atoms with Gasteiger partial charge in [-0.3, -0.25) is 9.59 Å². The Kier molecular flexibility index (Phi) is 10.9. The van der Waals surface area contributed by atoms with Crippen molar-refractivity contribution in [3.8, 4) is 0 Å². The Bertz CT molecular complexity index is 835. The van der Waals surface area contributed by atoms with Crippen LogP contribution in [0.4, 0.5) is 0 Å². The lowest BCUT2D eigenvalue weighted by Crippen LogP contribution is -2.48. The lowest BCUT2D eigenvalue weighted by Gasteiger charge is -2.25. The van der Waals surface area contributed by atoms with E-state index < -0.39 is 12.1 Å². The number of likely N-dealkylation sites (N-methyl/N-ethyl adjacent to an activating group) is 1. The molecule has 3 N–H and O–H groups in total. The summed E-state index contributed by atoms with van der Waals surface area (Å²) >= 11 is 0. The Morgan fingerprint density at radius 3 is 2.22 bits per heavy atom. The van der Waals surface area contributed by atoms with Crippen LogP contribution in [0.15, 0.2) is 54.6 Å². The molecule has 6 heteroatoms. The maximum Gasteiger partial charge on any atom is 0.253 e. The summed E-state index contributed by atoms with van der Waals surface area (Å²) in [5, 5.41) is 16.8. The second-order valence-electron chi connectivity index (χ2n) is 8.02. The summed E-state index contributed by atoms with van der Waals surface area (Å²) < 4.78 is 0. The van der Waals surface area contributed by atoms with Crippen molar-refractivity contribution in [2.24, 2.45) is 0 Å². The van der Waals surface area contributed by atoms with Crippen LogP contribution in [0, 0.1) is 0 Å². The molecule has 174 valence electrons. The highest BCUT2D eigenvalue weighted by Crippen LogP contribution is 2.12. The van der Waals surface area contributed by atoms with Crippen LogP contribution in [-0.4, -0.2) is 60.1 Å². The van der Waals surface area contributed by atoms with Crippen LogP contribution in [0.2, 0.25) is 0 Å². The predicted molar refractivity (Wildman–Crippen MR) is 129 cm³/mol. The van der Waals surface area contributed by atoms with Crippen molar-refractivity contribution in [1.82, 2.24) is 15.5 Å². The topological polar surface area (TPSA) is 81.7 Å². The van der Waals surface area contributed by atoms with E-state index in [2.05, 4.69) is 10.6 Å². The number of rotatable bonds is 13. The predicted octanol–water partition coefficient (Wildman–Crippen LogP) is 3.26. The summed E-state index contributed by atoms with van der Waals surface area (Å²) in [6.45, 7) is 8.57. The number of benzene rings is 2. The Hall–Kier alpha value is -2.70. The average Bonchev–Trinajstić information content (AvgIpc) is 2.82. The number of carbonyl (C=O) groups is 2. The van der Waals surface area contributed by atoms with Crippen LogP contribution in [0.3, 0.4) is 0 Å². The van der Waals surface area contributed by atoms with Crippen molar-refractivity contribution in [3.05, 3.63) is 71.3 Å². The molecular formula is C26H37N3O3. The number of nitrogens with zero attached hydrogens (tertiary/aromatic N) is 1. The smallest absolute Gasteiger partial charge is 0.253 e. The zero-order valence-electron chi connectivity index (χ0n) is 19.5. The number of hydrogen-bond acceptors (Lipinski definition) is 4. The van der Waals surface area contributed by atoms with Gasteiger partial charge >= 0.3 is 0 Å². The van der Waals surface area contributed by atoms with Crippen LogP contribution in [0.25, 0.3) is 0 Å². The Morgan fingerprint density at radius 1 is 0.938 bits per heavy atom. The largest absolute Gasteiger partial charge is 0.390 e. The monoisotopic (exact) mass is 439 g/mol. The van der Waals surface area contributed by atoms with E-state index in [4.69, 9.17) is 0 Å². The normalized spacial score (nSPS) is 12.8. The minimum absolute atomic E-state index is 0.0589. The van der Waals surface area contributed by atoms with Crippen LogP contribution in [0.1, 0.15) is 59.9 Å². The first kappa shape index (κ1) is 25.6. The molecule has 0 aliphatic heterocycles. The molecule has 0 saturated carbocycles. The van der Waals surface area contributed by atoms with Crippen LogP contribution in [0.5, 0.6) is 0 Å². The summed E-state index contributed by atoms with van der Waals surface area (Å²) in [7, 11) is 0. The third kappa shape index (κ3) is 7.77. The van der Waals surface area contributed by atoms with Gasteiger partial charge in [0.15, 0.2) is 0 Å². The molecule has 0 fully saturated rings. The minimum Gasteiger partial charge on any atom is -0.390 e. The fourth-order valence-electron chi connectivity index (χ4n) is 3.67. The maximum absolute atomic E-state index is 13.1. The van der Waals surface area contributed by atoms with Gasteiger partial charge < -0.3 is 20.6 Å². The van der Waals surface area contributed by atoms with Gasteiger partial charge in [-0.15, -0.1) is 0 Å². The number of carbonyl (C=O) groups excluding carboxylic acids is 2. The molecule has 2 aromatic carbocycles. The van der Waals surface area contributed by atoms with Crippen molar-refractivity contribution >= 4 is 11.8 Å². The summed E-state index contributed by atoms with van der Waals surface area (Å²) in [5.74, 6) is -0.356. The Labute approximate surface area is 192 Å². The van der Waals surface area contributed by atoms with Gasteiger partial charge in [0.1, 0.15) is 0 Å². The van der Waals surface area contributed by atoms with E-state index in [1.807, 2.05) is 56.0 Å². The maximum atomic E-state index is 13.1. The molecule has 2 aromatic rings. The standard InChI is InChI=1S/C26H37N3O3/c1-4-15-29(16-5-2)26(32)22-14-10-13-21(18-22)25(31)28-23(24(30)19-27-6-3)17-20-11-8-7-9-12-20/h7-14,18,23-24,27,30H,4-6,15-17,19H2,1-3H3,(H,28,31)/t23-,24+/m0/s1. The molecule has 6 nitrogen and oxygen atoms in total. The van der Waals surface area contributed by atoms with Gasteiger partial charge in [-0.05, 0) is 49.6 Å². The summed E-state index contributed by atoms with van der Waals surface area (Å²) in [5.41, 5.74) is 1.96. The zero-order valence-corrected chi connectivity index (χ0v) is 19.5. The molecule has 32 heavy (non-hydrogen) atoms. The lowest BCUT2D eigenvalue weighted by atomic mass is 10.00. The molecule has 0 heterocycles. The molecule has 0 saturated heterocycles. The Balaban J connectivity index is 2.17. The number of aliphatic hydroxyl groups is 1. The SMILES string of the molecule is CCCN(CCC)C(=O)c1cccc(C(=O)N[C@@H](Cc2ccccc2)[C@H](O)CNCC)c1. The van der Waals surface area contributed by atoms with Crippen LogP contribution >= 0.6 is 0 Å². The highest BCUT2D eigenvalue weighted by atomic mass is 16.3. The lowest BCUT2D eigenvalue weighted by molar-refractivity contribution is 0.0755. The van der Waals surface area contributed by atoms with Crippen LogP contribution in [-0.2, 0) is 6.42 Å². The van der Waals surface area contributed by atoms with E-state index >= 15 is 0 Å². The molecule has 0 aliphatic carbocycles.